The van der Waals surface area contributed by atoms with Crippen LogP contribution < -0.4 is 0 Å². The zero-order valence-electron chi connectivity index (χ0n) is 24.7. The van der Waals surface area contributed by atoms with E-state index in [1.165, 1.54) is 88.3 Å². The first-order valence-electron chi connectivity index (χ1n) is 15.0. The van der Waals surface area contributed by atoms with Crippen LogP contribution in [0.3, 0.4) is 0 Å². The van der Waals surface area contributed by atoms with Gasteiger partial charge in [0.1, 0.15) is 0 Å². The number of fused-ring (bicyclic) bond motifs is 11. The molecule has 0 unspecified atom stereocenters. The topological polar surface area (TPSA) is 0 Å². The van der Waals surface area contributed by atoms with Crippen LogP contribution in [-0.4, -0.2) is 0 Å². The Hall–Kier alpha value is -4.16. The van der Waals surface area contributed by atoms with Crippen molar-refractivity contribution in [2.45, 2.75) is 57.8 Å². The summed E-state index contributed by atoms with van der Waals surface area (Å²) in [5.41, 5.74) is 17.0. The molecule has 0 saturated heterocycles. The molecule has 3 aliphatic carbocycles. The molecule has 0 heterocycles. The van der Waals surface area contributed by atoms with Crippen molar-refractivity contribution in [2.75, 3.05) is 0 Å². The molecule has 0 saturated carbocycles. The first kappa shape index (κ1) is 23.5. The van der Waals surface area contributed by atoms with Crippen molar-refractivity contribution in [1.29, 1.82) is 0 Å². The molecule has 0 radical (unpaired) electrons. The molecule has 9 rings (SSSR count). The molecule has 0 aromatic heterocycles. The van der Waals surface area contributed by atoms with Crippen LogP contribution in [0.25, 0.3) is 54.9 Å². The second kappa shape index (κ2) is 7.18. The van der Waals surface area contributed by atoms with Gasteiger partial charge in [-0.15, -0.1) is 0 Å². The van der Waals surface area contributed by atoms with Crippen molar-refractivity contribution in [2.24, 2.45) is 0 Å². The van der Waals surface area contributed by atoms with Crippen molar-refractivity contribution < 1.29 is 0 Å². The van der Waals surface area contributed by atoms with Crippen molar-refractivity contribution in [1.82, 2.24) is 0 Å². The van der Waals surface area contributed by atoms with Crippen LogP contribution >= 0.6 is 0 Å². The molecule has 0 aliphatic heterocycles. The molecule has 6 aromatic rings. The van der Waals surface area contributed by atoms with E-state index in [0.717, 1.165) is 0 Å². The summed E-state index contributed by atoms with van der Waals surface area (Å²) < 4.78 is 0. The molecule has 0 spiro atoms. The lowest BCUT2D eigenvalue weighted by atomic mass is 9.65. The molecule has 0 N–H and O–H groups in total. The second-order valence-electron chi connectivity index (χ2n) is 14.2. The molecule has 41 heavy (non-hydrogen) atoms. The molecular formula is C41H34. The molecule has 0 fully saturated rings. The van der Waals surface area contributed by atoms with E-state index >= 15 is 0 Å². The third-order valence-corrected chi connectivity index (χ3v) is 11.0. The number of hydrogen-bond acceptors (Lipinski definition) is 0. The zero-order valence-corrected chi connectivity index (χ0v) is 24.7. The lowest BCUT2D eigenvalue weighted by Crippen LogP contribution is -2.25. The smallest absolute Gasteiger partial charge is 0.0165 e. The van der Waals surface area contributed by atoms with Gasteiger partial charge >= 0.3 is 0 Å². The number of hydrogen-bond donors (Lipinski definition) is 0. The summed E-state index contributed by atoms with van der Waals surface area (Å²) in [5, 5.41) is 5.54. The van der Waals surface area contributed by atoms with Gasteiger partial charge in [0, 0.05) is 16.2 Å². The summed E-state index contributed by atoms with van der Waals surface area (Å²) in [5.74, 6) is 0. The highest BCUT2D eigenvalue weighted by atomic mass is 14.5. The Balaban J connectivity index is 1.52. The van der Waals surface area contributed by atoms with E-state index in [-0.39, 0.29) is 16.2 Å². The first-order chi connectivity index (χ1) is 19.6. The standard InChI is InChI=1S/C41H34/c1-39(2)30-16-10-7-13-25(30)29-20-23-19-24-21-34-37(27-15-9-11-17-31(27)40(34,3)4)38-35(24)36(28(23)22-33(29)39)26-14-8-12-18-32(26)41(38,5)6/h7-22H,1-6H3. The van der Waals surface area contributed by atoms with Crippen LogP contribution in [0.4, 0.5) is 0 Å². The molecule has 0 bridgehead atoms. The summed E-state index contributed by atoms with van der Waals surface area (Å²) in [6, 6.07) is 37.4. The molecule has 0 atom stereocenters. The van der Waals surface area contributed by atoms with Crippen molar-refractivity contribution in [3.63, 3.8) is 0 Å². The average Bonchev–Trinajstić information content (AvgIpc) is 3.33. The van der Waals surface area contributed by atoms with E-state index in [0.29, 0.717) is 0 Å². The maximum atomic E-state index is 2.55. The predicted octanol–water partition coefficient (Wildman–Crippen LogP) is 10.9. The Morgan fingerprint density at radius 1 is 0.390 bits per heavy atom. The maximum Gasteiger partial charge on any atom is 0.0165 e. The minimum absolute atomic E-state index is 0.0288. The van der Waals surface area contributed by atoms with E-state index in [1.54, 1.807) is 0 Å². The Kier molecular flexibility index (Phi) is 4.12. The fourth-order valence-electron chi connectivity index (χ4n) is 8.94. The SMILES string of the molecule is CC1(C)c2ccccc2-c2cc3cc4cc5c(c6c4c(c3cc21)-c1ccccc1C6(C)C)-c1ccccc1C5(C)C. The van der Waals surface area contributed by atoms with Crippen LogP contribution in [0.1, 0.15) is 74.9 Å². The van der Waals surface area contributed by atoms with Gasteiger partial charge in [0.15, 0.2) is 0 Å². The average molecular weight is 527 g/mol. The molecule has 198 valence electrons. The van der Waals surface area contributed by atoms with Crippen LogP contribution in [0.2, 0.25) is 0 Å². The van der Waals surface area contributed by atoms with Gasteiger partial charge in [-0.3, -0.25) is 0 Å². The van der Waals surface area contributed by atoms with Crippen molar-refractivity contribution >= 4 is 21.5 Å². The van der Waals surface area contributed by atoms with Gasteiger partial charge in [-0.05, 0) is 113 Å². The fourth-order valence-corrected chi connectivity index (χ4v) is 8.94. The van der Waals surface area contributed by atoms with E-state index in [1.807, 2.05) is 0 Å². The Bertz CT molecular complexity index is 2170. The lowest BCUT2D eigenvalue weighted by molar-refractivity contribution is 0.638. The summed E-state index contributed by atoms with van der Waals surface area (Å²) in [4.78, 5) is 0. The van der Waals surface area contributed by atoms with Crippen LogP contribution in [0.15, 0.2) is 97.1 Å². The van der Waals surface area contributed by atoms with Crippen molar-refractivity contribution in [3.05, 3.63) is 130 Å². The van der Waals surface area contributed by atoms with Gasteiger partial charge in [0.25, 0.3) is 0 Å². The van der Waals surface area contributed by atoms with Gasteiger partial charge in [-0.25, -0.2) is 0 Å². The maximum absolute atomic E-state index is 2.55. The molecule has 0 nitrogen and oxygen atoms in total. The lowest BCUT2D eigenvalue weighted by Gasteiger charge is -2.38. The van der Waals surface area contributed by atoms with E-state index in [2.05, 4.69) is 139 Å². The van der Waals surface area contributed by atoms with Crippen LogP contribution in [-0.2, 0) is 16.2 Å². The molecule has 0 amide bonds. The summed E-state index contributed by atoms with van der Waals surface area (Å²) in [6.07, 6.45) is 0. The monoisotopic (exact) mass is 526 g/mol. The molecule has 6 aromatic carbocycles. The predicted molar refractivity (Wildman–Crippen MR) is 174 cm³/mol. The quantitative estimate of drug-likeness (QED) is 0.173. The van der Waals surface area contributed by atoms with Gasteiger partial charge in [-0.2, -0.15) is 0 Å². The van der Waals surface area contributed by atoms with Gasteiger partial charge in [0.05, 0.1) is 0 Å². The summed E-state index contributed by atoms with van der Waals surface area (Å²) in [6.45, 7) is 14.5. The highest BCUT2D eigenvalue weighted by Gasteiger charge is 2.44. The van der Waals surface area contributed by atoms with Crippen LogP contribution in [0, 0.1) is 0 Å². The normalized spacial score (nSPS) is 17.6. The number of rotatable bonds is 0. The summed E-state index contributed by atoms with van der Waals surface area (Å²) >= 11 is 0. The van der Waals surface area contributed by atoms with Gasteiger partial charge in [0.2, 0.25) is 0 Å². The van der Waals surface area contributed by atoms with Crippen molar-refractivity contribution in [3.8, 4) is 33.4 Å². The minimum atomic E-state index is -0.124. The van der Waals surface area contributed by atoms with Gasteiger partial charge < -0.3 is 0 Å². The highest BCUT2D eigenvalue weighted by Crippen LogP contribution is 2.60. The zero-order chi connectivity index (χ0) is 28.1. The highest BCUT2D eigenvalue weighted by molar-refractivity contribution is 6.19. The van der Waals surface area contributed by atoms with E-state index in [4.69, 9.17) is 0 Å². The Morgan fingerprint density at radius 3 is 1.61 bits per heavy atom. The fraction of sp³-hybridized carbons (Fsp3) is 0.220. The van der Waals surface area contributed by atoms with Gasteiger partial charge in [-0.1, -0.05) is 114 Å². The molecular weight excluding hydrogens is 492 g/mol. The molecule has 0 heteroatoms. The summed E-state index contributed by atoms with van der Waals surface area (Å²) in [7, 11) is 0. The third-order valence-electron chi connectivity index (χ3n) is 11.0. The minimum Gasteiger partial charge on any atom is -0.0619 e. The Morgan fingerprint density at radius 2 is 0.927 bits per heavy atom. The van der Waals surface area contributed by atoms with E-state index < -0.39 is 0 Å². The molecule has 3 aliphatic rings. The Labute approximate surface area is 242 Å². The van der Waals surface area contributed by atoms with E-state index in [9.17, 15) is 0 Å². The van der Waals surface area contributed by atoms with Crippen LogP contribution in [0.5, 0.6) is 0 Å². The second-order valence-corrected chi connectivity index (χ2v) is 14.2. The number of benzene rings is 6. The third kappa shape index (κ3) is 2.63. The largest absolute Gasteiger partial charge is 0.0619 e. The first-order valence-corrected chi connectivity index (χ1v) is 15.0.